The molecule has 1 aliphatic rings. The fraction of sp³-hybridized carbons (Fsp3) is 0.308. The normalized spacial score (nSPS) is 15.6. The molecule has 0 aromatic heterocycles. The molecule has 1 aromatic carbocycles. The van der Waals surface area contributed by atoms with Gasteiger partial charge in [0.25, 0.3) is 13.1 Å². The zero-order chi connectivity index (χ0) is 14.7. The first-order chi connectivity index (χ1) is 9.52. The summed E-state index contributed by atoms with van der Waals surface area (Å²) in [6, 6.07) is 3.41. The summed E-state index contributed by atoms with van der Waals surface area (Å²) in [5.74, 6) is 0. The third-order valence-electron chi connectivity index (χ3n) is 3.56. The van der Waals surface area contributed by atoms with Crippen LogP contribution in [0.4, 0.5) is 11.4 Å². The molecule has 2 rings (SSSR count). The van der Waals surface area contributed by atoms with Crippen molar-refractivity contribution < 1.29 is 9.72 Å². The molecule has 0 amide bonds. The number of nitro groups is 1. The maximum Gasteiger partial charge on any atom is 0.292 e. The second kappa shape index (κ2) is 5.87. The third kappa shape index (κ3) is 2.88. The fourth-order valence-corrected chi connectivity index (χ4v) is 2.36. The third-order valence-corrected chi connectivity index (χ3v) is 3.56. The summed E-state index contributed by atoms with van der Waals surface area (Å²) in [5.41, 5.74) is 8.53. The number of nitrogen functional groups attached to an aromatic ring is 1. The van der Waals surface area contributed by atoms with Crippen molar-refractivity contribution in [2.45, 2.75) is 13.3 Å². The second-order valence-electron chi connectivity index (χ2n) is 4.89. The number of nitrogens with zero attached hydrogens (tertiary/aromatic N) is 2. The van der Waals surface area contributed by atoms with Crippen LogP contribution in [-0.4, -0.2) is 36.4 Å². The zero-order valence-electron chi connectivity index (χ0n) is 11.3. The van der Waals surface area contributed by atoms with Gasteiger partial charge < -0.3 is 15.3 Å². The summed E-state index contributed by atoms with van der Waals surface area (Å²) in [5, 5.41) is 11.0. The first-order valence-electron chi connectivity index (χ1n) is 6.43. The van der Waals surface area contributed by atoms with E-state index in [1.165, 1.54) is 6.07 Å². The van der Waals surface area contributed by atoms with Crippen molar-refractivity contribution in [1.29, 1.82) is 0 Å². The van der Waals surface area contributed by atoms with Crippen LogP contribution in [-0.2, 0) is 4.79 Å². The first kappa shape index (κ1) is 14.3. The maximum absolute atomic E-state index is 11.0. The smallest absolute Gasteiger partial charge is 0.292 e. The van der Waals surface area contributed by atoms with Crippen LogP contribution in [0, 0.1) is 17.0 Å². The van der Waals surface area contributed by atoms with Crippen molar-refractivity contribution in [3.05, 3.63) is 39.4 Å². The maximum atomic E-state index is 11.0. The highest BCUT2D eigenvalue weighted by atomic mass is 16.6. The lowest BCUT2D eigenvalue weighted by molar-refractivity contribution is -0.383. The van der Waals surface area contributed by atoms with E-state index in [9.17, 15) is 14.9 Å². The number of hydrogen-bond acceptors (Lipinski definition) is 5. The van der Waals surface area contributed by atoms with Gasteiger partial charge in [0, 0.05) is 12.6 Å². The van der Waals surface area contributed by atoms with Crippen molar-refractivity contribution in [2.75, 3.05) is 18.8 Å². The lowest BCUT2D eigenvalue weighted by Gasteiger charge is -2.24. The molecule has 7 heteroatoms. The number of benzene rings is 1. The van der Waals surface area contributed by atoms with E-state index in [0.717, 1.165) is 30.3 Å². The number of nitrogens with two attached hydrogens (primary N) is 1. The van der Waals surface area contributed by atoms with Crippen molar-refractivity contribution in [3.8, 4) is 0 Å². The second-order valence-corrected chi connectivity index (χ2v) is 4.89. The lowest BCUT2D eigenvalue weighted by atomic mass is 9.89. The van der Waals surface area contributed by atoms with Gasteiger partial charge in [-0.1, -0.05) is 6.08 Å². The van der Waals surface area contributed by atoms with Crippen molar-refractivity contribution >= 4 is 30.5 Å². The van der Waals surface area contributed by atoms with E-state index in [-0.39, 0.29) is 11.4 Å². The van der Waals surface area contributed by atoms with Gasteiger partial charge in [-0.3, -0.25) is 10.1 Å². The number of carbonyl (C=O) groups is 1. The molecule has 0 atom stereocenters. The lowest BCUT2D eigenvalue weighted by Crippen LogP contribution is -2.32. The fourth-order valence-electron chi connectivity index (χ4n) is 2.36. The zero-order valence-corrected chi connectivity index (χ0v) is 11.3. The van der Waals surface area contributed by atoms with Gasteiger partial charge in [-0.2, -0.15) is 0 Å². The van der Waals surface area contributed by atoms with E-state index >= 15 is 0 Å². The summed E-state index contributed by atoms with van der Waals surface area (Å²) in [7, 11) is 0.421. The minimum Gasteiger partial charge on any atom is -0.393 e. The minimum atomic E-state index is -0.450. The molecule has 0 aliphatic carbocycles. The number of hydrogen-bond donors (Lipinski definition) is 1. The molecule has 2 N–H and O–H groups in total. The van der Waals surface area contributed by atoms with Crippen LogP contribution in [0.1, 0.15) is 17.5 Å². The molecule has 0 spiro atoms. The average molecular weight is 273 g/mol. The van der Waals surface area contributed by atoms with Crippen molar-refractivity contribution in [2.24, 2.45) is 0 Å². The van der Waals surface area contributed by atoms with Gasteiger partial charge in [0.1, 0.15) is 5.69 Å². The Morgan fingerprint density at radius 3 is 2.80 bits per heavy atom. The Morgan fingerprint density at radius 2 is 2.25 bits per heavy atom. The first-order valence-corrected chi connectivity index (χ1v) is 6.43. The molecule has 0 fully saturated rings. The summed E-state index contributed by atoms with van der Waals surface area (Å²) in [4.78, 5) is 23.1. The topological polar surface area (TPSA) is 89.5 Å². The predicted molar refractivity (Wildman–Crippen MR) is 80.3 cm³/mol. The SMILES string of the molecule is Cc1cc(C2=CCN(BC=O)CC2)cc([N+](=O)[O-])c1N. The molecule has 1 aromatic rings. The average Bonchev–Trinajstić information content (AvgIpc) is 2.42. The monoisotopic (exact) mass is 273 g/mol. The highest BCUT2D eigenvalue weighted by Gasteiger charge is 2.19. The molecular formula is C13H16BN3O3. The van der Waals surface area contributed by atoms with Gasteiger partial charge in [-0.05, 0) is 42.7 Å². The summed E-state index contributed by atoms with van der Waals surface area (Å²) < 4.78 is 0. The molecule has 0 saturated heterocycles. The van der Waals surface area contributed by atoms with Gasteiger partial charge >= 0.3 is 0 Å². The van der Waals surface area contributed by atoms with E-state index < -0.39 is 4.92 Å². The Balaban J connectivity index is 2.30. The molecule has 1 heterocycles. The molecule has 20 heavy (non-hydrogen) atoms. The van der Waals surface area contributed by atoms with Crippen LogP contribution in [0.3, 0.4) is 0 Å². The standard InChI is InChI=1S/C13H16BN3O3/c1-9-6-11(7-12(13(9)15)17(19)20)10-2-4-16(5-3-10)14-8-18/h2,6-8,14H,3-5,15H2,1H3. The highest BCUT2D eigenvalue weighted by Crippen LogP contribution is 2.31. The van der Waals surface area contributed by atoms with E-state index in [2.05, 4.69) is 0 Å². The van der Waals surface area contributed by atoms with Gasteiger partial charge in [0.2, 0.25) is 0 Å². The van der Waals surface area contributed by atoms with Gasteiger partial charge in [0.15, 0.2) is 0 Å². The van der Waals surface area contributed by atoms with Crippen molar-refractivity contribution in [3.63, 3.8) is 0 Å². The molecule has 0 unspecified atom stereocenters. The van der Waals surface area contributed by atoms with Crippen LogP contribution < -0.4 is 5.73 Å². The molecule has 0 saturated carbocycles. The predicted octanol–water partition coefficient (Wildman–Crippen LogP) is 1.12. The minimum absolute atomic E-state index is 0.0452. The molecule has 1 aliphatic heterocycles. The quantitative estimate of drug-likeness (QED) is 0.292. The number of carbonyl (C=O) groups excluding carboxylic acids is 1. The number of aryl methyl sites for hydroxylation is 1. The van der Waals surface area contributed by atoms with Crippen LogP contribution in [0.2, 0.25) is 0 Å². The molecule has 6 nitrogen and oxygen atoms in total. The Bertz CT molecular complexity index is 586. The van der Waals surface area contributed by atoms with E-state index in [1.807, 2.05) is 17.0 Å². The summed E-state index contributed by atoms with van der Waals surface area (Å²) in [6.45, 7) is 3.24. The molecular weight excluding hydrogens is 257 g/mol. The number of rotatable bonds is 4. The summed E-state index contributed by atoms with van der Waals surface area (Å²) in [6.07, 6.45) is 3.67. The number of anilines is 1. The van der Waals surface area contributed by atoms with Crippen LogP contribution in [0.25, 0.3) is 5.57 Å². The van der Waals surface area contributed by atoms with E-state index in [1.54, 1.807) is 6.92 Å². The molecule has 0 radical (unpaired) electrons. The Labute approximate surface area is 117 Å². The van der Waals surface area contributed by atoms with Crippen LogP contribution >= 0.6 is 0 Å². The number of nitro benzene ring substituents is 1. The van der Waals surface area contributed by atoms with Crippen LogP contribution in [0.5, 0.6) is 0 Å². The van der Waals surface area contributed by atoms with Gasteiger partial charge in [0.05, 0.1) is 11.1 Å². The largest absolute Gasteiger partial charge is 0.393 e. The van der Waals surface area contributed by atoms with Gasteiger partial charge in [-0.15, -0.1) is 0 Å². The Kier molecular flexibility index (Phi) is 4.19. The molecule has 104 valence electrons. The van der Waals surface area contributed by atoms with Crippen molar-refractivity contribution in [1.82, 2.24) is 4.81 Å². The van der Waals surface area contributed by atoms with E-state index in [4.69, 9.17) is 5.73 Å². The Morgan fingerprint density at radius 1 is 1.50 bits per heavy atom. The van der Waals surface area contributed by atoms with Crippen LogP contribution in [0.15, 0.2) is 18.2 Å². The molecule has 0 bridgehead atoms. The Hall–Kier alpha value is -2.15. The van der Waals surface area contributed by atoms with Gasteiger partial charge in [-0.25, -0.2) is 0 Å². The summed E-state index contributed by atoms with van der Waals surface area (Å²) >= 11 is 0. The highest BCUT2D eigenvalue weighted by molar-refractivity contribution is 6.64. The van der Waals surface area contributed by atoms with E-state index in [0.29, 0.717) is 19.5 Å².